The maximum atomic E-state index is 8.49. The van der Waals surface area contributed by atoms with E-state index in [-0.39, 0.29) is 17.9 Å². The molecule has 1 aromatic rings. The summed E-state index contributed by atoms with van der Waals surface area (Å²) in [4.78, 5) is 0. The molecule has 94 valence electrons. The summed E-state index contributed by atoms with van der Waals surface area (Å²) < 4.78 is 0. The molecule has 1 aromatic carbocycles. The lowest BCUT2D eigenvalue weighted by Crippen LogP contribution is -2.33. The molecule has 17 heavy (non-hydrogen) atoms. The molecule has 0 aliphatic carbocycles. The summed E-state index contributed by atoms with van der Waals surface area (Å²) in [5.41, 5.74) is 6.49. The van der Waals surface area contributed by atoms with Crippen LogP contribution in [0.5, 0.6) is 0 Å². The van der Waals surface area contributed by atoms with Crippen molar-refractivity contribution in [1.29, 1.82) is 0 Å². The lowest BCUT2D eigenvalue weighted by Gasteiger charge is -2.20. The molecule has 1 rings (SSSR count). The van der Waals surface area contributed by atoms with Crippen molar-refractivity contribution in [2.75, 3.05) is 0 Å². The quantitative estimate of drug-likeness (QED) is 0.328. The SMILES string of the molecule is CC(C/C(N)=N/O)N[C@@H](C)c1ccccc1Cl. The van der Waals surface area contributed by atoms with Crippen LogP contribution < -0.4 is 11.1 Å². The first-order valence-corrected chi connectivity index (χ1v) is 5.89. The van der Waals surface area contributed by atoms with E-state index in [1.54, 1.807) is 0 Å². The van der Waals surface area contributed by atoms with Gasteiger partial charge in [0.2, 0.25) is 0 Å². The number of rotatable bonds is 5. The number of nitrogens with one attached hydrogen (secondary N) is 1. The van der Waals surface area contributed by atoms with Crippen LogP contribution in [0.3, 0.4) is 0 Å². The molecule has 0 aromatic heterocycles. The number of hydrogen-bond acceptors (Lipinski definition) is 3. The molecule has 4 nitrogen and oxygen atoms in total. The summed E-state index contributed by atoms with van der Waals surface area (Å²) in [5, 5.41) is 15.5. The second-order valence-corrected chi connectivity index (χ2v) is 4.51. The van der Waals surface area contributed by atoms with Crippen molar-refractivity contribution < 1.29 is 5.21 Å². The predicted molar refractivity (Wildman–Crippen MR) is 70.5 cm³/mol. The molecule has 0 amide bonds. The second-order valence-electron chi connectivity index (χ2n) is 4.11. The molecule has 0 fully saturated rings. The van der Waals surface area contributed by atoms with Gasteiger partial charge in [0.15, 0.2) is 0 Å². The highest BCUT2D eigenvalue weighted by molar-refractivity contribution is 6.31. The van der Waals surface area contributed by atoms with Gasteiger partial charge in [-0.2, -0.15) is 0 Å². The van der Waals surface area contributed by atoms with Gasteiger partial charge in [0, 0.05) is 23.5 Å². The van der Waals surface area contributed by atoms with Crippen LogP contribution in [0.4, 0.5) is 0 Å². The van der Waals surface area contributed by atoms with Gasteiger partial charge < -0.3 is 16.3 Å². The van der Waals surface area contributed by atoms with E-state index in [0.29, 0.717) is 6.42 Å². The van der Waals surface area contributed by atoms with Gasteiger partial charge in [-0.25, -0.2) is 0 Å². The Hall–Kier alpha value is -1.26. The van der Waals surface area contributed by atoms with E-state index in [0.717, 1.165) is 10.6 Å². The van der Waals surface area contributed by atoms with Crippen molar-refractivity contribution in [3.63, 3.8) is 0 Å². The smallest absolute Gasteiger partial charge is 0.140 e. The Balaban J connectivity index is 2.60. The van der Waals surface area contributed by atoms with Crippen LogP contribution in [0, 0.1) is 0 Å². The van der Waals surface area contributed by atoms with Gasteiger partial charge in [0.25, 0.3) is 0 Å². The minimum atomic E-state index is 0.108. The van der Waals surface area contributed by atoms with Crippen LogP contribution in [0.1, 0.15) is 31.9 Å². The average molecular weight is 256 g/mol. The Kier molecular flexibility index (Phi) is 5.25. The Morgan fingerprint density at radius 1 is 1.47 bits per heavy atom. The molecule has 0 aliphatic rings. The molecule has 1 unspecified atom stereocenters. The summed E-state index contributed by atoms with van der Waals surface area (Å²) in [6.07, 6.45) is 0.491. The molecule has 2 atom stereocenters. The zero-order chi connectivity index (χ0) is 12.8. The first-order chi connectivity index (χ1) is 8.04. The summed E-state index contributed by atoms with van der Waals surface area (Å²) in [7, 11) is 0. The Labute approximate surface area is 106 Å². The molecule has 5 heteroatoms. The van der Waals surface area contributed by atoms with E-state index < -0.39 is 0 Å². The van der Waals surface area contributed by atoms with Crippen molar-refractivity contribution in [2.24, 2.45) is 10.9 Å². The number of amidine groups is 1. The van der Waals surface area contributed by atoms with Crippen LogP contribution in [-0.2, 0) is 0 Å². The van der Waals surface area contributed by atoms with Gasteiger partial charge in [-0.1, -0.05) is 35.0 Å². The monoisotopic (exact) mass is 255 g/mol. The standard InChI is InChI=1S/C12H18ClN3O/c1-8(7-12(14)16-17)15-9(2)10-5-3-4-6-11(10)13/h3-6,8-9,15,17H,7H2,1-2H3,(H2,14,16)/t8?,9-/m0/s1. The van der Waals surface area contributed by atoms with Crippen molar-refractivity contribution in [2.45, 2.75) is 32.4 Å². The number of nitrogens with zero attached hydrogens (tertiary/aromatic N) is 1. The van der Waals surface area contributed by atoms with E-state index in [4.69, 9.17) is 22.5 Å². The molecular formula is C12H18ClN3O. The van der Waals surface area contributed by atoms with Crippen molar-refractivity contribution in [3.05, 3.63) is 34.9 Å². The fraction of sp³-hybridized carbons (Fsp3) is 0.417. The van der Waals surface area contributed by atoms with Gasteiger partial charge in [0.05, 0.1) is 0 Å². The van der Waals surface area contributed by atoms with E-state index in [2.05, 4.69) is 10.5 Å². The minimum absolute atomic E-state index is 0.108. The summed E-state index contributed by atoms with van der Waals surface area (Å²) in [6, 6.07) is 7.92. The highest BCUT2D eigenvalue weighted by Gasteiger charge is 2.12. The largest absolute Gasteiger partial charge is 0.409 e. The molecular weight excluding hydrogens is 238 g/mol. The molecule has 0 bridgehead atoms. The minimum Gasteiger partial charge on any atom is -0.409 e. The molecule has 4 N–H and O–H groups in total. The first kappa shape index (κ1) is 13.8. The van der Waals surface area contributed by atoms with Crippen LogP contribution in [0.15, 0.2) is 29.4 Å². The van der Waals surface area contributed by atoms with Crippen LogP contribution in [0.25, 0.3) is 0 Å². The van der Waals surface area contributed by atoms with Crippen molar-refractivity contribution in [1.82, 2.24) is 5.32 Å². The predicted octanol–water partition coefficient (Wildman–Crippen LogP) is 2.52. The van der Waals surface area contributed by atoms with Crippen molar-refractivity contribution >= 4 is 17.4 Å². The summed E-state index contributed by atoms with van der Waals surface area (Å²) >= 11 is 6.11. The van der Waals surface area contributed by atoms with Gasteiger partial charge in [-0.05, 0) is 25.5 Å². The second kappa shape index (κ2) is 6.47. The maximum absolute atomic E-state index is 8.49. The zero-order valence-corrected chi connectivity index (χ0v) is 10.8. The lowest BCUT2D eigenvalue weighted by molar-refractivity contribution is 0.315. The van der Waals surface area contributed by atoms with E-state index in [1.165, 1.54) is 0 Å². The number of halogens is 1. The van der Waals surface area contributed by atoms with Crippen molar-refractivity contribution in [3.8, 4) is 0 Å². The lowest BCUT2D eigenvalue weighted by atomic mass is 10.1. The topological polar surface area (TPSA) is 70.6 Å². The third-order valence-electron chi connectivity index (χ3n) is 2.55. The van der Waals surface area contributed by atoms with Gasteiger partial charge in [0.1, 0.15) is 5.84 Å². The Morgan fingerprint density at radius 2 is 2.12 bits per heavy atom. The van der Waals surface area contributed by atoms with Gasteiger partial charge >= 0.3 is 0 Å². The van der Waals surface area contributed by atoms with Crippen LogP contribution in [-0.4, -0.2) is 17.1 Å². The number of hydrogen-bond donors (Lipinski definition) is 3. The van der Waals surface area contributed by atoms with Gasteiger partial charge in [-0.15, -0.1) is 0 Å². The fourth-order valence-corrected chi connectivity index (χ4v) is 2.06. The molecule has 0 saturated carbocycles. The first-order valence-electron chi connectivity index (χ1n) is 5.51. The molecule has 0 spiro atoms. The van der Waals surface area contributed by atoms with Crippen LogP contribution in [0.2, 0.25) is 5.02 Å². The third-order valence-corrected chi connectivity index (χ3v) is 2.89. The third kappa shape index (κ3) is 4.24. The number of benzene rings is 1. The van der Waals surface area contributed by atoms with Crippen LogP contribution >= 0.6 is 11.6 Å². The van der Waals surface area contributed by atoms with Gasteiger partial charge in [-0.3, -0.25) is 0 Å². The fourth-order valence-electron chi connectivity index (χ4n) is 1.76. The van der Waals surface area contributed by atoms with E-state index in [9.17, 15) is 0 Å². The summed E-state index contributed by atoms with van der Waals surface area (Å²) in [6.45, 7) is 4.01. The Morgan fingerprint density at radius 3 is 2.71 bits per heavy atom. The number of nitrogens with two attached hydrogens (primary N) is 1. The molecule has 0 radical (unpaired) electrons. The summed E-state index contributed by atoms with van der Waals surface area (Å²) in [5.74, 6) is 0.219. The van der Waals surface area contributed by atoms with E-state index in [1.807, 2.05) is 38.1 Å². The number of oxime groups is 1. The van der Waals surface area contributed by atoms with E-state index >= 15 is 0 Å². The molecule has 0 heterocycles. The maximum Gasteiger partial charge on any atom is 0.140 e. The molecule has 0 aliphatic heterocycles. The molecule has 0 saturated heterocycles. The zero-order valence-electron chi connectivity index (χ0n) is 10.0. The average Bonchev–Trinajstić information content (AvgIpc) is 2.29. The highest BCUT2D eigenvalue weighted by atomic mass is 35.5. The Bertz CT molecular complexity index is 395. The normalized spacial score (nSPS) is 15.6. The highest BCUT2D eigenvalue weighted by Crippen LogP contribution is 2.22.